The molecular weight excluding hydrogens is 295 g/mol. The number of hydrogen-bond acceptors (Lipinski definition) is 1. The zero-order valence-corrected chi connectivity index (χ0v) is 13.8. The fraction of sp³-hybridized carbons (Fsp3) is 0.533. The summed E-state index contributed by atoms with van der Waals surface area (Å²) in [5.74, 6) is 0.494. The van der Waals surface area contributed by atoms with Gasteiger partial charge >= 0.3 is 0 Å². The molecule has 0 radical (unpaired) electrons. The molecule has 1 aliphatic rings. The number of nitrogens with zero attached hydrogens (tertiary/aromatic N) is 1. The minimum absolute atomic E-state index is 0. The average molecular weight is 317 g/mol. The smallest absolute Gasteiger partial charge is 0.227 e. The maximum atomic E-state index is 12.2. The number of halogens is 2. The third kappa shape index (κ3) is 3.87. The highest BCUT2D eigenvalue weighted by Crippen LogP contribution is 2.37. The fourth-order valence-electron chi connectivity index (χ4n) is 2.62. The molecule has 112 valence electrons. The van der Waals surface area contributed by atoms with Gasteiger partial charge in [-0.1, -0.05) is 18.5 Å². The van der Waals surface area contributed by atoms with E-state index in [2.05, 4.69) is 21.0 Å². The highest BCUT2D eigenvalue weighted by Gasteiger charge is 2.28. The normalized spacial score (nSPS) is 17.9. The van der Waals surface area contributed by atoms with E-state index in [-0.39, 0.29) is 24.2 Å². The van der Waals surface area contributed by atoms with Crippen molar-refractivity contribution < 1.29 is 22.1 Å². The van der Waals surface area contributed by atoms with Crippen LogP contribution >= 0.6 is 11.6 Å². The molecular formula is C15H22Cl2N2O. The van der Waals surface area contributed by atoms with E-state index in [4.69, 9.17) is 11.6 Å². The molecule has 0 bridgehead atoms. The van der Waals surface area contributed by atoms with Crippen molar-refractivity contribution in [2.75, 3.05) is 32.1 Å². The van der Waals surface area contributed by atoms with Gasteiger partial charge in [0.1, 0.15) is 0 Å². The summed E-state index contributed by atoms with van der Waals surface area (Å²) in [5.41, 5.74) is 2.24. The van der Waals surface area contributed by atoms with Gasteiger partial charge in [0.25, 0.3) is 0 Å². The average Bonchev–Trinajstić information content (AvgIpc) is 2.33. The molecule has 3 nitrogen and oxygen atoms in total. The Morgan fingerprint density at radius 3 is 2.75 bits per heavy atom. The maximum absolute atomic E-state index is 12.2. The zero-order valence-electron chi connectivity index (χ0n) is 12.2. The van der Waals surface area contributed by atoms with Crippen molar-refractivity contribution in [2.24, 2.45) is 0 Å². The number of fused-ring (bicyclic) bond motifs is 1. The number of hydrogen-bond donors (Lipinski definition) is 1. The fourth-order valence-corrected chi connectivity index (χ4v) is 2.80. The molecule has 2 rings (SSSR count). The molecule has 1 unspecified atom stereocenters. The molecule has 0 aliphatic carbocycles. The van der Waals surface area contributed by atoms with Gasteiger partial charge in [-0.25, -0.2) is 0 Å². The van der Waals surface area contributed by atoms with Gasteiger partial charge in [0, 0.05) is 30.1 Å². The Bertz CT molecular complexity index is 477. The first-order valence-corrected chi connectivity index (χ1v) is 7.25. The Kier molecular flexibility index (Phi) is 6.31. The topological polar surface area (TPSA) is 24.8 Å². The number of carbonyl (C=O) groups excluding carboxylic acids is 1. The summed E-state index contributed by atoms with van der Waals surface area (Å²) >= 11 is 6.07. The lowest BCUT2D eigenvalue weighted by atomic mass is 9.91. The lowest BCUT2D eigenvalue weighted by Gasteiger charge is -2.33. The lowest BCUT2D eigenvalue weighted by molar-refractivity contribution is -0.858. The highest BCUT2D eigenvalue weighted by molar-refractivity contribution is 6.30. The predicted octanol–water partition coefficient (Wildman–Crippen LogP) is -1.28. The minimum Gasteiger partial charge on any atom is -1.00 e. The van der Waals surface area contributed by atoms with Crippen molar-refractivity contribution in [1.82, 2.24) is 0 Å². The number of amides is 1. The van der Waals surface area contributed by atoms with E-state index in [1.165, 1.54) is 10.5 Å². The van der Waals surface area contributed by atoms with Crippen molar-refractivity contribution in [1.29, 1.82) is 0 Å². The van der Waals surface area contributed by atoms with E-state index in [1.54, 1.807) is 0 Å². The van der Waals surface area contributed by atoms with Gasteiger partial charge in [0.2, 0.25) is 5.91 Å². The van der Waals surface area contributed by atoms with Gasteiger partial charge in [-0.3, -0.25) is 4.79 Å². The number of quaternary nitrogens is 1. The van der Waals surface area contributed by atoms with E-state index in [0.717, 1.165) is 30.2 Å². The summed E-state index contributed by atoms with van der Waals surface area (Å²) in [6.07, 6.45) is 1.60. The van der Waals surface area contributed by atoms with Crippen LogP contribution in [-0.2, 0) is 4.79 Å². The molecule has 0 spiro atoms. The Hall–Kier alpha value is -0.770. The molecule has 1 N–H and O–H groups in total. The van der Waals surface area contributed by atoms with Gasteiger partial charge in [0.15, 0.2) is 0 Å². The van der Waals surface area contributed by atoms with Crippen molar-refractivity contribution >= 4 is 23.2 Å². The van der Waals surface area contributed by atoms with Crippen LogP contribution in [-0.4, -0.2) is 33.1 Å². The van der Waals surface area contributed by atoms with Gasteiger partial charge in [-0.05, 0) is 29.7 Å². The largest absolute Gasteiger partial charge is 1.00 e. The minimum atomic E-state index is 0. The SMILES string of the molecule is CC1CC(=O)N(CCC[NH+](C)C)c2ccc(Cl)cc21.[Cl-]. The molecule has 0 aromatic heterocycles. The van der Waals surface area contributed by atoms with Crippen LogP contribution in [0.2, 0.25) is 5.02 Å². The van der Waals surface area contributed by atoms with Crippen LogP contribution in [0.25, 0.3) is 0 Å². The van der Waals surface area contributed by atoms with E-state index in [0.29, 0.717) is 6.42 Å². The molecule has 20 heavy (non-hydrogen) atoms. The molecule has 5 heteroatoms. The van der Waals surface area contributed by atoms with Crippen molar-refractivity contribution in [3.63, 3.8) is 0 Å². The van der Waals surface area contributed by atoms with Crippen LogP contribution in [0.15, 0.2) is 18.2 Å². The second kappa shape index (κ2) is 7.30. The molecule has 1 heterocycles. The van der Waals surface area contributed by atoms with Crippen molar-refractivity contribution in [3.05, 3.63) is 28.8 Å². The van der Waals surface area contributed by atoms with Crippen LogP contribution < -0.4 is 22.2 Å². The molecule has 1 aromatic carbocycles. The number of benzene rings is 1. The summed E-state index contributed by atoms with van der Waals surface area (Å²) in [5, 5.41) is 0.748. The quantitative estimate of drug-likeness (QED) is 0.735. The Labute approximate surface area is 132 Å². The second-order valence-electron chi connectivity index (χ2n) is 5.66. The van der Waals surface area contributed by atoms with Gasteiger partial charge in [-0.15, -0.1) is 0 Å². The van der Waals surface area contributed by atoms with Gasteiger partial charge in [0.05, 0.1) is 20.6 Å². The first-order chi connectivity index (χ1) is 8.99. The highest BCUT2D eigenvalue weighted by atomic mass is 35.5. The molecule has 1 aliphatic heterocycles. The van der Waals surface area contributed by atoms with Gasteiger partial charge in [-0.2, -0.15) is 0 Å². The number of nitrogens with one attached hydrogen (secondary N) is 1. The zero-order chi connectivity index (χ0) is 14.0. The van der Waals surface area contributed by atoms with Crippen LogP contribution in [0.5, 0.6) is 0 Å². The third-order valence-electron chi connectivity index (χ3n) is 3.65. The van der Waals surface area contributed by atoms with E-state index in [9.17, 15) is 4.79 Å². The first kappa shape index (κ1) is 17.3. The molecule has 1 amide bonds. The third-order valence-corrected chi connectivity index (χ3v) is 3.89. The molecule has 1 aromatic rings. The Morgan fingerprint density at radius 2 is 2.10 bits per heavy atom. The summed E-state index contributed by atoms with van der Waals surface area (Å²) in [4.78, 5) is 15.6. The summed E-state index contributed by atoms with van der Waals surface area (Å²) in [6.45, 7) is 3.96. The number of rotatable bonds is 4. The monoisotopic (exact) mass is 316 g/mol. The summed E-state index contributed by atoms with van der Waals surface area (Å²) < 4.78 is 0. The van der Waals surface area contributed by atoms with E-state index in [1.807, 2.05) is 23.1 Å². The first-order valence-electron chi connectivity index (χ1n) is 6.88. The molecule has 0 saturated heterocycles. The molecule has 0 fully saturated rings. The molecule has 1 atom stereocenters. The molecule has 0 saturated carbocycles. The van der Waals surface area contributed by atoms with Crippen LogP contribution in [0.4, 0.5) is 5.69 Å². The van der Waals surface area contributed by atoms with Crippen LogP contribution in [0.3, 0.4) is 0 Å². The lowest BCUT2D eigenvalue weighted by Crippen LogP contribution is -3.05. The predicted molar refractivity (Wildman–Crippen MR) is 79.1 cm³/mol. The summed E-state index contributed by atoms with van der Waals surface area (Å²) in [7, 11) is 4.27. The van der Waals surface area contributed by atoms with E-state index < -0.39 is 0 Å². The second-order valence-corrected chi connectivity index (χ2v) is 6.10. The summed E-state index contributed by atoms with van der Waals surface area (Å²) in [6, 6.07) is 5.85. The maximum Gasteiger partial charge on any atom is 0.227 e. The van der Waals surface area contributed by atoms with Crippen molar-refractivity contribution in [2.45, 2.75) is 25.7 Å². The Balaban J connectivity index is 0.00000200. The van der Waals surface area contributed by atoms with E-state index >= 15 is 0 Å². The number of carbonyl (C=O) groups is 1. The van der Waals surface area contributed by atoms with Gasteiger partial charge < -0.3 is 22.2 Å². The van der Waals surface area contributed by atoms with Crippen LogP contribution in [0.1, 0.15) is 31.2 Å². The van der Waals surface area contributed by atoms with Crippen molar-refractivity contribution in [3.8, 4) is 0 Å². The van der Waals surface area contributed by atoms with Crippen LogP contribution in [0, 0.1) is 0 Å². The Morgan fingerprint density at radius 1 is 1.40 bits per heavy atom. The number of anilines is 1. The standard InChI is InChI=1S/C15H21ClN2O.ClH/c1-11-9-15(19)18(8-4-7-17(2)3)14-6-5-12(16)10-13(11)14;/h5-6,10-11H,4,7-9H2,1-3H3;1H.